The molecule has 0 radical (unpaired) electrons. The van der Waals surface area contributed by atoms with E-state index in [4.69, 9.17) is 15.2 Å². The smallest absolute Gasteiger partial charge is 0.332 e. The molecule has 1 unspecified atom stereocenters. The molecule has 2 atom stereocenters. The highest BCUT2D eigenvalue weighted by Crippen LogP contribution is 2.04. The molecule has 0 saturated carbocycles. The van der Waals surface area contributed by atoms with Gasteiger partial charge in [-0.25, -0.2) is 9.78 Å². The lowest BCUT2D eigenvalue weighted by molar-refractivity contribution is -0.184. The van der Waals surface area contributed by atoms with Gasteiger partial charge >= 0.3 is 11.9 Å². The topological polar surface area (TPSA) is 136 Å². The van der Waals surface area contributed by atoms with Crippen molar-refractivity contribution in [3.05, 3.63) is 18.2 Å². The van der Waals surface area contributed by atoms with Crippen molar-refractivity contribution in [1.82, 2.24) is 15.3 Å². The van der Waals surface area contributed by atoms with Crippen LogP contribution in [0.25, 0.3) is 0 Å². The Labute approximate surface area is 127 Å². The number of carbonyl (C=O) groups is 3. The lowest BCUT2D eigenvalue weighted by Gasteiger charge is -2.19. The first kappa shape index (κ1) is 17.6. The highest BCUT2D eigenvalue weighted by Gasteiger charge is 2.25. The van der Waals surface area contributed by atoms with E-state index in [1.165, 1.54) is 20.2 Å². The molecule has 0 aliphatic heterocycles. The van der Waals surface area contributed by atoms with E-state index in [-0.39, 0.29) is 25.3 Å². The van der Waals surface area contributed by atoms with Crippen LogP contribution in [0.3, 0.4) is 0 Å². The summed E-state index contributed by atoms with van der Waals surface area (Å²) in [5.41, 5.74) is 5.88. The van der Waals surface area contributed by atoms with Crippen molar-refractivity contribution in [3.63, 3.8) is 0 Å². The SMILES string of the molecule is CC(=O)OC(C)OC(=O)[C@H](Cc1c[nH]cn1)NC(=O)CCN. The molecule has 122 valence electrons. The van der Waals surface area contributed by atoms with Crippen LogP contribution in [-0.4, -0.2) is 46.7 Å². The number of nitrogens with zero attached hydrogens (tertiary/aromatic N) is 1. The van der Waals surface area contributed by atoms with Crippen LogP contribution >= 0.6 is 0 Å². The Kier molecular flexibility index (Phi) is 7.03. The largest absolute Gasteiger partial charge is 0.426 e. The van der Waals surface area contributed by atoms with Crippen LogP contribution in [-0.2, 0) is 30.3 Å². The Balaban J connectivity index is 2.68. The molecule has 1 heterocycles. The van der Waals surface area contributed by atoms with Gasteiger partial charge in [0.1, 0.15) is 6.04 Å². The molecule has 0 aromatic carbocycles. The lowest BCUT2D eigenvalue weighted by atomic mass is 10.1. The molecule has 1 rings (SSSR count). The maximum Gasteiger partial charge on any atom is 0.332 e. The van der Waals surface area contributed by atoms with Crippen molar-refractivity contribution in [1.29, 1.82) is 0 Å². The number of H-pyrrole nitrogens is 1. The number of imidazole rings is 1. The lowest BCUT2D eigenvalue weighted by Crippen LogP contribution is -2.45. The number of esters is 2. The van der Waals surface area contributed by atoms with Crippen LogP contribution in [0.1, 0.15) is 26.0 Å². The van der Waals surface area contributed by atoms with E-state index in [1.807, 2.05) is 0 Å². The maximum atomic E-state index is 12.1. The minimum Gasteiger partial charge on any atom is -0.426 e. The van der Waals surface area contributed by atoms with Crippen LogP contribution in [0.4, 0.5) is 0 Å². The quantitative estimate of drug-likeness (QED) is 0.424. The monoisotopic (exact) mass is 312 g/mol. The molecule has 0 aliphatic rings. The van der Waals surface area contributed by atoms with Gasteiger partial charge in [-0.05, 0) is 0 Å². The molecule has 0 saturated heterocycles. The van der Waals surface area contributed by atoms with E-state index in [1.54, 1.807) is 6.20 Å². The third-order valence-electron chi connectivity index (χ3n) is 2.57. The summed E-state index contributed by atoms with van der Waals surface area (Å²) in [5.74, 6) is -1.67. The second-order valence-electron chi connectivity index (χ2n) is 4.54. The van der Waals surface area contributed by atoms with E-state index < -0.39 is 24.3 Å². The number of rotatable bonds is 8. The minimum atomic E-state index is -1.04. The normalized spacial score (nSPS) is 13.0. The van der Waals surface area contributed by atoms with Gasteiger partial charge < -0.3 is 25.5 Å². The summed E-state index contributed by atoms with van der Waals surface area (Å²) in [6.07, 6.45) is 2.25. The molecule has 9 nitrogen and oxygen atoms in total. The van der Waals surface area contributed by atoms with Crippen molar-refractivity contribution in [3.8, 4) is 0 Å². The van der Waals surface area contributed by atoms with Crippen LogP contribution in [0, 0.1) is 0 Å². The van der Waals surface area contributed by atoms with Crippen LogP contribution in [0.2, 0.25) is 0 Å². The van der Waals surface area contributed by atoms with Gasteiger partial charge in [-0.1, -0.05) is 0 Å². The maximum absolute atomic E-state index is 12.1. The van der Waals surface area contributed by atoms with Gasteiger partial charge in [0, 0.05) is 39.4 Å². The van der Waals surface area contributed by atoms with Gasteiger partial charge in [-0.2, -0.15) is 0 Å². The van der Waals surface area contributed by atoms with E-state index in [2.05, 4.69) is 15.3 Å². The minimum absolute atomic E-state index is 0.0871. The number of aromatic nitrogens is 2. The Morgan fingerprint density at radius 3 is 2.68 bits per heavy atom. The molecule has 0 bridgehead atoms. The van der Waals surface area contributed by atoms with Crippen molar-refractivity contribution < 1.29 is 23.9 Å². The molecule has 4 N–H and O–H groups in total. The van der Waals surface area contributed by atoms with Gasteiger partial charge in [0.25, 0.3) is 0 Å². The summed E-state index contributed by atoms with van der Waals surface area (Å²) in [5, 5.41) is 2.53. The standard InChI is InChI=1S/C13H20N4O5/c1-8(18)21-9(2)22-13(20)11(17-12(19)3-4-14)5-10-6-15-7-16-10/h6-7,9,11H,3-5,14H2,1-2H3,(H,15,16)(H,17,19)/t9?,11-/m0/s1. The van der Waals surface area contributed by atoms with Crippen molar-refractivity contribution >= 4 is 17.8 Å². The summed E-state index contributed by atoms with van der Waals surface area (Å²) >= 11 is 0. The zero-order chi connectivity index (χ0) is 16.5. The van der Waals surface area contributed by atoms with Crippen molar-refractivity contribution in [2.45, 2.75) is 39.0 Å². The summed E-state index contributed by atoms with van der Waals surface area (Å²) in [6.45, 7) is 2.78. The Morgan fingerprint density at radius 1 is 1.41 bits per heavy atom. The number of hydrogen-bond acceptors (Lipinski definition) is 7. The molecule has 9 heteroatoms. The zero-order valence-electron chi connectivity index (χ0n) is 12.5. The summed E-state index contributed by atoms with van der Waals surface area (Å²) in [4.78, 5) is 41.3. The average Bonchev–Trinajstić information content (AvgIpc) is 2.90. The zero-order valence-corrected chi connectivity index (χ0v) is 12.5. The van der Waals surface area contributed by atoms with Gasteiger partial charge in [0.15, 0.2) is 0 Å². The molecule has 0 fully saturated rings. The van der Waals surface area contributed by atoms with Crippen molar-refractivity contribution in [2.24, 2.45) is 5.73 Å². The van der Waals surface area contributed by atoms with Crippen LogP contribution in [0.5, 0.6) is 0 Å². The molecule has 0 spiro atoms. The van der Waals surface area contributed by atoms with E-state index in [9.17, 15) is 14.4 Å². The van der Waals surface area contributed by atoms with Gasteiger partial charge in [-0.3, -0.25) is 9.59 Å². The van der Waals surface area contributed by atoms with E-state index in [0.29, 0.717) is 5.69 Å². The first-order valence-corrected chi connectivity index (χ1v) is 6.77. The Morgan fingerprint density at radius 2 is 2.14 bits per heavy atom. The number of carbonyl (C=O) groups excluding carboxylic acids is 3. The fourth-order valence-corrected chi connectivity index (χ4v) is 1.71. The number of amides is 1. The number of nitrogens with one attached hydrogen (secondary N) is 2. The summed E-state index contributed by atoms with van der Waals surface area (Å²) in [6, 6.07) is -0.944. The number of nitrogens with two attached hydrogens (primary N) is 1. The van der Waals surface area contributed by atoms with Gasteiger partial charge in [0.05, 0.1) is 12.0 Å². The molecule has 1 aromatic rings. The average molecular weight is 312 g/mol. The van der Waals surface area contributed by atoms with Crippen LogP contribution in [0.15, 0.2) is 12.5 Å². The molecule has 1 aromatic heterocycles. The molecule has 1 amide bonds. The number of ether oxygens (including phenoxy) is 2. The highest BCUT2D eigenvalue weighted by molar-refractivity contribution is 5.84. The fraction of sp³-hybridized carbons (Fsp3) is 0.538. The number of aromatic amines is 1. The predicted octanol–water partition coefficient (Wildman–Crippen LogP) is -0.762. The molecule has 22 heavy (non-hydrogen) atoms. The second-order valence-corrected chi connectivity index (χ2v) is 4.54. The van der Waals surface area contributed by atoms with Crippen LogP contribution < -0.4 is 11.1 Å². The first-order chi connectivity index (χ1) is 10.4. The highest BCUT2D eigenvalue weighted by atomic mass is 16.7. The number of hydrogen-bond donors (Lipinski definition) is 3. The molecular weight excluding hydrogens is 292 g/mol. The summed E-state index contributed by atoms with van der Waals surface area (Å²) in [7, 11) is 0. The predicted molar refractivity (Wildman–Crippen MR) is 75.2 cm³/mol. The van der Waals surface area contributed by atoms with E-state index >= 15 is 0 Å². The fourth-order valence-electron chi connectivity index (χ4n) is 1.71. The third-order valence-corrected chi connectivity index (χ3v) is 2.57. The summed E-state index contributed by atoms with van der Waals surface area (Å²) < 4.78 is 9.71. The third kappa shape index (κ3) is 6.35. The van der Waals surface area contributed by atoms with Crippen molar-refractivity contribution in [2.75, 3.05) is 6.54 Å². The first-order valence-electron chi connectivity index (χ1n) is 6.77. The van der Waals surface area contributed by atoms with Gasteiger partial charge in [0.2, 0.25) is 12.2 Å². The Hall–Kier alpha value is -2.42. The van der Waals surface area contributed by atoms with E-state index in [0.717, 1.165) is 0 Å². The second kappa shape index (κ2) is 8.78. The Bertz CT molecular complexity index is 503. The molecular formula is C13H20N4O5. The molecule has 0 aliphatic carbocycles. The van der Waals surface area contributed by atoms with Gasteiger partial charge in [-0.15, -0.1) is 0 Å².